The van der Waals surface area contributed by atoms with Crippen LogP contribution in [0.5, 0.6) is 0 Å². The monoisotopic (exact) mass is 230 g/mol. The molecule has 6 heteroatoms. The van der Waals surface area contributed by atoms with Crippen LogP contribution < -0.4 is 0 Å². The molecule has 0 aromatic heterocycles. The molecule has 4 atom stereocenters. The lowest BCUT2D eigenvalue weighted by atomic mass is 10.1. The minimum Gasteiger partial charge on any atom is -0.456 e. The molecule has 2 fully saturated rings. The van der Waals surface area contributed by atoms with Gasteiger partial charge >= 0.3 is 5.97 Å². The number of rotatable bonds is 2. The lowest BCUT2D eigenvalue weighted by molar-refractivity contribution is -0.215. The molecule has 0 spiro atoms. The van der Waals surface area contributed by atoms with Crippen LogP contribution in [0.4, 0.5) is 0 Å². The third kappa shape index (κ3) is 1.95. The molecular formula is C10H14O6. The van der Waals surface area contributed by atoms with Gasteiger partial charge in [0.1, 0.15) is 0 Å². The van der Waals surface area contributed by atoms with Crippen LogP contribution in [0.25, 0.3) is 0 Å². The molecule has 2 rings (SSSR count). The normalized spacial score (nSPS) is 40.4. The maximum atomic E-state index is 10.9. The van der Waals surface area contributed by atoms with E-state index in [0.29, 0.717) is 6.29 Å². The van der Waals surface area contributed by atoms with Crippen LogP contribution in [-0.4, -0.2) is 42.6 Å². The molecule has 0 aromatic carbocycles. The third-order valence-electron chi connectivity index (χ3n) is 2.46. The minimum atomic E-state index is -0.824. The molecule has 0 N–H and O–H groups in total. The van der Waals surface area contributed by atoms with Crippen molar-refractivity contribution in [3.05, 3.63) is 0 Å². The standard InChI is InChI=1S/C10H14O6/c1-5(12)13-7-6(4-11)14-9-8(7)15-10(2,3)16-9/h4,6-9H,1-3H3/t6-,7+,8-,9?/m1/s1. The van der Waals surface area contributed by atoms with Gasteiger partial charge in [0.2, 0.25) is 0 Å². The number of carbonyl (C=O) groups excluding carboxylic acids is 2. The summed E-state index contributed by atoms with van der Waals surface area (Å²) < 4.78 is 21.3. The summed E-state index contributed by atoms with van der Waals surface area (Å²) >= 11 is 0. The van der Waals surface area contributed by atoms with E-state index in [9.17, 15) is 9.59 Å². The van der Waals surface area contributed by atoms with Crippen molar-refractivity contribution in [2.75, 3.05) is 0 Å². The van der Waals surface area contributed by atoms with Crippen molar-refractivity contribution in [1.29, 1.82) is 0 Å². The fourth-order valence-corrected chi connectivity index (χ4v) is 1.94. The molecule has 0 bridgehead atoms. The number of hydrogen-bond donors (Lipinski definition) is 0. The number of esters is 1. The largest absolute Gasteiger partial charge is 0.456 e. The van der Waals surface area contributed by atoms with Gasteiger partial charge in [-0.25, -0.2) is 0 Å². The van der Waals surface area contributed by atoms with E-state index in [1.807, 2.05) is 0 Å². The zero-order valence-corrected chi connectivity index (χ0v) is 9.34. The summed E-state index contributed by atoms with van der Waals surface area (Å²) in [6, 6.07) is 0. The highest BCUT2D eigenvalue weighted by atomic mass is 16.8. The summed E-state index contributed by atoms with van der Waals surface area (Å²) in [5.74, 6) is -1.27. The summed E-state index contributed by atoms with van der Waals surface area (Å²) in [7, 11) is 0. The summed E-state index contributed by atoms with van der Waals surface area (Å²) in [6.45, 7) is 4.74. The second kappa shape index (κ2) is 3.80. The lowest BCUT2D eigenvalue weighted by Gasteiger charge is -2.22. The first-order chi connectivity index (χ1) is 7.43. The van der Waals surface area contributed by atoms with Crippen molar-refractivity contribution in [3.63, 3.8) is 0 Å². The van der Waals surface area contributed by atoms with Crippen LogP contribution in [0, 0.1) is 0 Å². The van der Waals surface area contributed by atoms with Gasteiger partial charge < -0.3 is 23.7 Å². The molecule has 0 amide bonds. The molecule has 16 heavy (non-hydrogen) atoms. The number of aldehydes is 1. The predicted molar refractivity (Wildman–Crippen MR) is 50.3 cm³/mol. The highest BCUT2D eigenvalue weighted by Gasteiger charge is 2.56. The SMILES string of the molecule is CC(=O)O[C@H]1[C@@H](C=O)OC2OC(C)(C)O[C@@H]21. The fraction of sp³-hybridized carbons (Fsp3) is 0.800. The Labute approximate surface area is 92.8 Å². The van der Waals surface area contributed by atoms with E-state index in [1.165, 1.54) is 6.92 Å². The fourth-order valence-electron chi connectivity index (χ4n) is 1.94. The summed E-state index contributed by atoms with van der Waals surface area (Å²) in [5, 5.41) is 0. The molecule has 90 valence electrons. The Kier molecular flexibility index (Phi) is 2.73. The molecule has 0 saturated carbocycles. The van der Waals surface area contributed by atoms with Crippen LogP contribution in [0.1, 0.15) is 20.8 Å². The van der Waals surface area contributed by atoms with Gasteiger partial charge in [-0.05, 0) is 13.8 Å². The van der Waals surface area contributed by atoms with Crippen LogP contribution >= 0.6 is 0 Å². The number of carbonyl (C=O) groups is 2. The van der Waals surface area contributed by atoms with Crippen LogP contribution in [0.3, 0.4) is 0 Å². The van der Waals surface area contributed by atoms with Crippen molar-refractivity contribution < 1.29 is 28.5 Å². The molecule has 0 aromatic rings. The van der Waals surface area contributed by atoms with Crippen molar-refractivity contribution in [1.82, 2.24) is 0 Å². The average molecular weight is 230 g/mol. The quantitative estimate of drug-likeness (QED) is 0.491. The van der Waals surface area contributed by atoms with Gasteiger partial charge in [-0.3, -0.25) is 4.79 Å². The van der Waals surface area contributed by atoms with E-state index in [-0.39, 0.29) is 0 Å². The first kappa shape index (κ1) is 11.5. The second-order valence-corrected chi connectivity index (χ2v) is 4.28. The Bertz CT molecular complexity index is 312. The predicted octanol–water partition coefficient (Wildman–Crippen LogP) is -0.00660. The van der Waals surface area contributed by atoms with Crippen molar-refractivity contribution in [2.45, 2.75) is 51.2 Å². The zero-order chi connectivity index (χ0) is 11.9. The summed E-state index contributed by atoms with van der Waals surface area (Å²) in [6.07, 6.45) is -2.17. The average Bonchev–Trinajstić information content (AvgIpc) is 2.59. The molecular weight excluding hydrogens is 216 g/mol. The molecule has 0 radical (unpaired) electrons. The van der Waals surface area contributed by atoms with Gasteiger partial charge in [0.25, 0.3) is 0 Å². The van der Waals surface area contributed by atoms with Crippen molar-refractivity contribution >= 4 is 12.3 Å². The first-order valence-corrected chi connectivity index (χ1v) is 5.06. The van der Waals surface area contributed by atoms with Crippen LogP contribution in [-0.2, 0) is 28.5 Å². The van der Waals surface area contributed by atoms with Gasteiger partial charge in [0.15, 0.2) is 36.7 Å². The molecule has 1 unspecified atom stereocenters. The van der Waals surface area contributed by atoms with Gasteiger partial charge in [0.05, 0.1) is 0 Å². The van der Waals surface area contributed by atoms with Gasteiger partial charge in [0, 0.05) is 6.92 Å². The zero-order valence-electron chi connectivity index (χ0n) is 9.34. The van der Waals surface area contributed by atoms with E-state index < -0.39 is 36.4 Å². The van der Waals surface area contributed by atoms with E-state index in [0.717, 1.165) is 0 Å². The Morgan fingerprint density at radius 2 is 2.06 bits per heavy atom. The minimum absolute atomic E-state index is 0.477. The molecule has 0 aliphatic carbocycles. The lowest BCUT2D eigenvalue weighted by Crippen LogP contribution is -2.38. The Balaban J connectivity index is 2.13. The molecule has 2 saturated heterocycles. The maximum absolute atomic E-state index is 10.9. The van der Waals surface area contributed by atoms with Crippen molar-refractivity contribution in [3.8, 4) is 0 Å². The maximum Gasteiger partial charge on any atom is 0.303 e. The molecule has 2 aliphatic heterocycles. The molecule has 2 heterocycles. The number of ether oxygens (including phenoxy) is 4. The summed E-state index contributed by atoms with van der Waals surface area (Å²) in [5.41, 5.74) is 0. The first-order valence-electron chi connectivity index (χ1n) is 5.06. The van der Waals surface area contributed by atoms with Crippen LogP contribution in [0.2, 0.25) is 0 Å². The van der Waals surface area contributed by atoms with Gasteiger partial charge in [-0.1, -0.05) is 0 Å². The van der Waals surface area contributed by atoms with Crippen LogP contribution in [0.15, 0.2) is 0 Å². The third-order valence-corrected chi connectivity index (χ3v) is 2.46. The topological polar surface area (TPSA) is 71.1 Å². The number of fused-ring (bicyclic) bond motifs is 1. The highest BCUT2D eigenvalue weighted by molar-refractivity contribution is 5.67. The van der Waals surface area contributed by atoms with E-state index in [1.54, 1.807) is 13.8 Å². The highest BCUT2D eigenvalue weighted by Crippen LogP contribution is 2.38. The Morgan fingerprint density at radius 3 is 2.62 bits per heavy atom. The molecule has 6 nitrogen and oxygen atoms in total. The smallest absolute Gasteiger partial charge is 0.303 e. The Morgan fingerprint density at radius 1 is 1.38 bits per heavy atom. The Hall–Kier alpha value is -0.980. The van der Waals surface area contributed by atoms with E-state index in [2.05, 4.69) is 0 Å². The second-order valence-electron chi connectivity index (χ2n) is 4.28. The number of hydrogen-bond acceptors (Lipinski definition) is 6. The van der Waals surface area contributed by atoms with E-state index >= 15 is 0 Å². The summed E-state index contributed by atoms with van der Waals surface area (Å²) in [4.78, 5) is 21.7. The van der Waals surface area contributed by atoms with Crippen molar-refractivity contribution in [2.24, 2.45) is 0 Å². The van der Waals surface area contributed by atoms with Gasteiger partial charge in [-0.2, -0.15) is 0 Å². The van der Waals surface area contributed by atoms with E-state index in [4.69, 9.17) is 18.9 Å². The molecule has 2 aliphatic rings. The van der Waals surface area contributed by atoms with Gasteiger partial charge in [-0.15, -0.1) is 0 Å².